The van der Waals surface area contributed by atoms with Gasteiger partial charge >= 0.3 is 0 Å². The molecule has 1 atom stereocenters. The Hall–Kier alpha value is -5.43. The predicted molar refractivity (Wildman–Crippen MR) is 140 cm³/mol. The van der Waals surface area contributed by atoms with Crippen LogP contribution < -0.4 is 26.8 Å². The summed E-state index contributed by atoms with van der Waals surface area (Å²) in [5.41, 5.74) is 1.57. The van der Waals surface area contributed by atoms with Crippen molar-refractivity contribution >= 4 is 39.7 Å². The topological polar surface area (TPSA) is 160 Å². The molecule has 37 heavy (non-hydrogen) atoms. The zero-order chi connectivity index (χ0) is 26.1. The maximum Gasteiger partial charge on any atom is 0.256 e. The maximum atomic E-state index is 12.7. The molecular formula is C27H20N6O4. The zero-order valence-electron chi connectivity index (χ0n) is 19.5. The summed E-state index contributed by atoms with van der Waals surface area (Å²) in [4.78, 5) is 37.3. The van der Waals surface area contributed by atoms with Gasteiger partial charge in [-0.2, -0.15) is 10.4 Å². The maximum absolute atomic E-state index is 12.7. The Bertz CT molecular complexity index is 1770. The average molecular weight is 492 g/mol. The highest BCUT2D eigenvalue weighted by atomic mass is 16.3. The third-order valence-corrected chi connectivity index (χ3v) is 5.96. The van der Waals surface area contributed by atoms with E-state index in [0.29, 0.717) is 27.7 Å². The van der Waals surface area contributed by atoms with Crippen LogP contribution in [0.2, 0.25) is 0 Å². The lowest BCUT2D eigenvalue weighted by molar-refractivity contribution is 0.102. The molecule has 10 heteroatoms. The number of nitriles is 1. The van der Waals surface area contributed by atoms with Crippen molar-refractivity contribution in [2.75, 3.05) is 16.0 Å². The van der Waals surface area contributed by atoms with Gasteiger partial charge in [-0.15, -0.1) is 0 Å². The van der Waals surface area contributed by atoms with Crippen molar-refractivity contribution in [2.45, 2.75) is 13.0 Å². The summed E-state index contributed by atoms with van der Waals surface area (Å²) in [5.74, 6) is -0.0609. The van der Waals surface area contributed by atoms with Crippen molar-refractivity contribution < 1.29 is 9.90 Å². The summed E-state index contributed by atoms with van der Waals surface area (Å²) in [6, 6.07) is 19.7. The summed E-state index contributed by atoms with van der Waals surface area (Å²) in [6.45, 7) is 1.81. The number of phenolic OH excluding ortho intramolecular Hbond substituents is 1. The minimum atomic E-state index is -0.649. The van der Waals surface area contributed by atoms with Gasteiger partial charge in [-0.05, 0) is 61.0 Å². The first-order valence-corrected chi connectivity index (χ1v) is 11.3. The smallest absolute Gasteiger partial charge is 0.256 e. The quantitative estimate of drug-likeness (QED) is 0.214. The number of benzene rings is 3. The van der Waals surface area contributed by atoms with E-state index in [-0.39, 0.29) is 29.0 Å². The SMILES string of the molecule is C[C@@H](Nc1c(Nc2ccc3[nH]nc(NC(=O)c4cccc(C#N)c4)c3c2)c(=O)c1=O)c1cccc(O)c1. The van der Waals surface area contributed by atoms with Gasteiger partial charge in [0.25, 0.3) is 16.8 Å². The van der Waals surface area contributed by atoms with E-state index < -0.39 is 16.8 Å². The highest BCUT2D eigenvalue weighted by molar-refractivity contribution is 6.08. The Balaban J connectivity index is 1.38. The van der Waals surface area contributed by atoms with Gasteiger partial charge in [0.05, 0.1) is 17.1 Å². The molecule has 0 spiro atoms. The largest absolute Gasteiger partial charge is 0.508 e. The first-order valence-electron chi connectivity index (χ1n) is 11.3. The van der Waals surface area contributed by atoms with Crippen molar-refractivity contribution in [3.8, 4) is 11.8 Å². The molecule has 0 radical (unpaired) electrons. The third kappa shape index (κ3) is 4.49. The molecular weight excluding hydrogens is 472 g/mol. The number of nitrogens with zero attached hydrogens (tertiary/aromatic N) is 2. The summed E-state index contributed by atoms with van der Waals surface area (Å²) in [7, 11) is 0. The van der Waals surface area contributed by atoms with Gasteiger partial charge in [-0.1, -0.05) is 18.2 Å². The van der Waals surface area contributed by atoms with Crippen LogP contribution in [0, 0.1) is 11.3 Å². The van der Waals surface area contributed by atoms with Crippen LogP contribution in [0.3, 0.4) is 0 Å². The molecule has 0 fully saturated rings. The minimum Gasteiger partial charge on any atom is -0.508 e. The van der Waals surface area contributed by atoms with Crippen LogP contribution in [0.4, 0.5) is 22.9 Å². The first kappa shape index (κ1) is 23.3. The second kappa shape index (κ2) is 9.31. The van der Waals surface area contributed by atoms with Crippen molar-refractivity contribution in [3.05, 3.63) is 104 Å². The fourth-order valence-corrected chi connectivity index (χ4v) is 3.98. The van der Waals surface area contributed by atoms with Gasteiger partial charge < -0.3 is 21.1 Å². The van der Waals surface area contributed by atoms with E-state index in [1.165, 1.54) is 6.07 Å². The summed E-state index contributed by atoms with van der Waals surface area (Å²) in [6.07, 6.45) is 0. The fourth-order valence-electron chi connectivity index (χ4n) is 3.98. The molecule has 0 unspecified atom stereocenters. The number of anilines is 4. The van der Waals surface area contributed by atoms with Crippen LogP contribution >= 0.6 is 0 Å². The number of nitrogens with one attached hydrogen (secondary N) is 4. The number of aromatic amines is 1. The number of rotatable bonds is 7. The van der Waals surface area contributed by atoms with Crippen molar-refractivity contribution in [3.63, 3.8) is 0 Å². The summed E-state index contributed by atoms with van der Waals surface area (Å²) < 4.78 is 0. The molecule has 1 amide bonds. The molecule has 0 aliphatic heterocycles. The standard InChI is InChI=1S/C27H20N6O4/c1-14(16-5-3-7-19(34)11-16)29-22-23(25(36)24(22)35)30-18-8-9-21-20(12-18)26(33-32-21)31-27(37)17-6-2-4-15(10-17)13-28/h2-12,14,29-30,34H,1H3,(H2,31,32,33,37)/t14-/m1/s1. The zero-order valence-corrected chi connectivity index (χ0v) is 19.5. The number of H-pyrrole nitrogens is 1. The molecule has 0 saturated heterocycles. The number of phenols is 1. The average Bonchev–Trinajstić information content (AvgIpc) is 3.31. The summed E-state index contributed by atoms with van der Waals surface area (Å²) in [5, 5.41) is 35.1. The van der Waals surface area contributed by atoms with Crippen molar-refractivity contribution in [1.29, 1.82) is 5.26 Å². The molecule has 4 aromatic carbocycles. The van der Waals surface area contributed by atoms with Gasteiger partial charge in [-0.3, -0.25) is 19.5 Å². The minimum absolute atomic E-state index is 0.101. The lowest BCUT2D eigenvalue weighted by atomic mass is 10.1. The predicted octanol–water partition coefficient (Wildman–Crippen LogP) is 3.91. The number of hydrogen-bond donors (Lipinski definition) is 5. The van der Waals surface area contributed by atoms with E-state index in [4.69, 9.17) is 5.26 Å². The normalized spacial score (nSPS) is 11.7. The number of carbonyl (C=O) groups excluding carboxylic acids is 1. The lowest BCUT2D eigenvalue weighted by Crippen LogP contribution is -2.37. The third-order valence-electron chi connectivity index (χ3n) is 5.96. The molecule has 5 rings (SSSR count). The first-order chi connectivity index (χ1) is 17.8. The van der Waals surface area contributed by atoms with Crippen LogP contribution in [0.1, 0.15) is 34.5 Å². The number of hydrogen-bond acceptors (Lipinski definition) is 8. The second-order valence-corrected chi connectivity index (χ2v) is 8.47. The Kier molecular flexibility index (Phi) is 5.87. The van der Waals surface area contributed by atoms with Gasteiger partial charge in [0.2, 0.25) is 0 Å². The number of aromatic hydroxyl groups is 1. The van der Waals surface area contributed by atoms with Crippen LogP contribution in [0.5, 0.6) is 5.75 Å². The van der Waals surface area contributed by atoms with E-state index in [1.54, 1.807) is 60.7 Å². The van der Waals surface area contributed by atoms with Crippen LogP contribution in [-0.2, 0) is 0 Å². The van der Waals surface area contributed by atoms with Crippen LogP contribution in [0.15, 0.2) is 76.3 Å². The Morgan fingerprint density at radius 3 is 2.59 bits per heavy atom. The molecule has 5 N–H and O–H groups in total. The Labute approximate surface area is 209 Å². The Morgan fingerprint density at radius 2 is 1.81 bits per heavy atom. The fraction of sp³-hybridized carbons (Fsp3) is 0.0741. The van der Waals surface area contributed by atoms with Gasteiger partial charge in [0, 0.05) is 22.7 Å². The van der Waals surface area contributed by atoms with E-state index in [1.807, 2.05) is 13.0 Å². The molecule has 0 bridgehead atoms. The Morgan fingerprint density at radius 1 is 1.03 bits per heavy atom. The van der Waals surface area contributed by atoms with Crippen molar-refractivity contribution in [2.24, 2.45) is 0 Å². The molecule has 0 aliphatic rings. The molecule has 0 saturated carbocycles. The van der Waals surface area contributed by atoms with Crippen LogP contribution in [0.25, 0.3) is 10.9 Å². The van der Waals surface area contributed by atoms with E-state index in [2.05, 4.69) is 26.1 Å². The molecule has 182 valence electrons. The molecule has 10 nitrogen and oxygen atoms in total. The van der Waals surface area contributed by atoms with E-state index in [9.17, 15) is 19.5 Å². The highest BCUT2D eigenvalue weighted by Gasteiger charge is 2.23. The number of fused-ring (bicyclic) bond motifs is 1. The summed E-state index contributed by atoms with van der Waals surface area (Å²) >= 11 is 0. The second-order valence-electron chi connectivity index (χ2n) is 8.47. The number of aromatic nitrogens is 2. The molecule has 0 aliphatic carbocycles. The molecule has 1 aromatic heterocycles. The van der Waals surface area contributed by atoms with Gasteiger partial charge in [-0.25, -0.2) is 0 Å². The highest BCUT2D eigenvalue weighted by Crippen LogP contribution is 2.29. The number of amides is 1. The lowest BCUT2D eigenvalue weighted by Gasteiger charge is -2.20. The van der Waals surface area contributed by atoms with Crippen LogP contribution in [-0.4, -0.2) is 21.2 Å². The monoisotopic (exact) mass is 492 g/mol. The van der Waals surface area contributed by atoms with E-state index >= 15 is 0 Å². The van der Waals surface area contributed by atoms with E-state index in [0.717, 1.165) is 5.56 Å². The van der Waals surface area contributed by atoms with Crippen molar-refractivity contribution in [1.82, 2.24) is 10.2 Å². The molecule has 5 aromatic rings. The van der Waals surface area contributed by atoms with Gasteiger partial charge in [0.1, 0.15) is 17.1 Å². The molecule has 1 heterocycles. The van der Waals surface area contributed by atoms with Gasteiger partial charge in [0.15, 0.2) is 5.82 Å². The number of carbonyl (C=O) groups is 1.